The first-order valence-corrected chi connectivity index (χ1v) is 7.18. The Kier molecular flexibility index (Phi) is 5.66. The molecule has 19 heavy (non-hydrogen) atoms. The van der Waals surface area contributed by atoms with Crippen molar-refractivity contribution < 1.29 is 9.47 Å². The van der Waals surface area contributed by atoms with Crippen LogP contribution in [0.5, 0.6) is 0 Å². The Balaban J connectivity index is 1.77. The zero-order valence-electron chi connectivity index (χ0n) is 12.0. The Labute approximate surface area is 115 Å². The Bertz CT molecular complexity index is 373. The maximum Gasteiger partial charge on any atom is 0.203 e. The Morgan fingerprint density at radius 3 is 3.21 bits per heavy atom. The van der Waals surface area contributed by atoms with Crippen molar-refractivity contribution >= 4 is 5.95 Å². The summed E-state index contributed by atoms with van der Waals surface area (Å²) >= 11 is 0. The molecule has 1 fully saturated rings. The van der Waals surface area contributed by atoms with Crippen LogP contribution in [0.2, 0.25) is 0 Å². The maximum atomic E-state index is 5.62. The predicted octanol–water partition coefficient (Wildman–Crippen LogP) is 2.21. The number of hydrogen-bond acceptors (Lipinski definition) is 4. The molecule has 1 aliphatic heterocycles. The van der Waals surface area contributed by atoms with Crippen molar-refractivity contribution in [2.24, 2.45) is 0 Å². The number of anilines is 1. The van der Waals surface area contributed by atoms with Crippen molar-refractivity contribution in [2.45, 2.75) is 45.3 Å². The van der Waals surface area contributed by atoms with Gasteiger partial charge in [0.15, 0.2) is 0 Å². The fraction of sp³-hybridized carbons (Fsp3) is 0.786. The highest BCUT2D eigenvalue weighted by atomic mass is 16.5. The molecule has 0 radical (unpaired) electrons. The van der Waals surface area contributed by atoms with E-state index in [0.29, 0.717) is 6.10 Å². The number of hydrogen-bond donors (Lipinski definition) is 1. The van der Waals surface area contributed by atoms with Crippen molar-refractivity contribution in [1.29, 1.82) is 0 Å². The fourth-order valence-corrected chi connectivity index (χ4v) is 2.45. The monoisotopic (exact) mass is 267 g/mol. The summed E-state index contributed by atoms with van der Waals surface area (Å²) in [6.07, 6.45) is 6.99. The first-order valence-electron chi connectivity index (χ1n) is 7.18. The molecule has 108 valence electrons. The lowest BCUT2D eigenvalue weighted by atomic mass is 10.2. The van der Waals surface area contributed by atoms with E-state index in [-0.39, 0.29) is 0 Å². The lowest BCUT2D eigenvalue weighted by Gasteiger charge is -2.12. The average Bonchev–Trinajstić information content (AvgIpc) is 3.00. The summed E-state index contributed by atoms with van der Waals surface area (Å²) in [6.45, 7) is 5.60. The van der Waals surface area contributed by atoms with Gasteiger partial charge in [0.05, 0.1) is 11.8 Å². The zero-order chi connectivity index (χ0) is 13.5. The summed E-state index contributed by atoms with van der Waals surface area (Å²) < 4.78 is 12.9. The van der Waals surface area contributed by atoms with Gasteiger partial charge in [-0.05, 0) is 32.6 Å². The van der Waals surface area contributed by atoms with E-state index in [9.17, 15) is 0 Å². The van der Waals surface area contributed by atoms with E-state index < -0.39 is 0 Å². The van der Waals surface area contributed by atoms with Crippen LogP contribution in [0.3, 0.4) is 0 Å². The molecule has 0 saturated carbocycles. The first kappa shape index (κ1) is 14.3. The van der Waals surface area contributed by atoms with Gasteiger partial charge in [0.1, 0.15) is 0 Å². The van der Waals surface area contributed by atoms with Crippen LogP contribution in [0.25, 0.3) is 0 Å². The fourth-order valence-electron chi connectivity index (χ4n) is 2.45. The lowest BCUT2D eigenvalue weighted by molar-refractivity contribution is 0.107. The number of rotatable bonds is 8. The Hall–Kier alpha value is -1.07. The van der Waals surface area contributed by atoms with Gasteiger partial charge >= 0.3 is 0 Å². The minimum atomic E-state index is 0.436. The van der Waals surface area contributed by atoms with Crippen LogP contribution in [0.1, 0.15) is 31.4 Å². The largest absolute Gasteiger partial charge is 0.385 e. The number of aryl methyl sites for hydroxylation is 2. The molecule has 5 heteroatoms. The SMILES string of the molecule is COCCCn1cc(C)nc1NCCC1CCCO1. The van der Waals surface area contributed by atoms with E-state index in [1.54, 1.807) is 7.11 Å². The quantitative estimate of drug-likeness (QED) is 0.734. The third kappa shape index (κ3) is 4.51. The van der Waals surface area contributed by atoms with E-state index in [0.717, 1.165) is 50.8 Å². The van der Waals surface area contributed by atoms with E-state index in [4.69, 9.17) is 9.47 Å². The molecule has 1 N–H and O–H groups in total. The summed E-state index contributed by atoms with van der Waals surface area (Å²) in [5.41, 5.74) is 1.05. The van der Waals surface area contributed by atoms with Gasteiger partial charge in [-0.3, -0.25) is 0 Å². The molecule has 0 aromatic carbocycles. The summed E-state index contributed by atoms with van der Waals surface area (Å²) in [7, 11) is 1.74. The van der Waals surface area contributed by atoms with Crippen molar-refractivity contribution in [2.75, 3.05) is 32.2 Å². The van der Waals surface area contributed by atoms with Crippen molar-refractivity contribution in [1.82, 2.24) is 9.55 Å². The number of aromatic nitrogens is 2. The van der Waals surface area contributed by atoms with Crippen LogP contribution in [0.15, 0.2) is 6.20 Å². The van der Waals surface area contributed by atoms with Crippen LogP contribution in [0.4, 0.5) is 5.95 Å². The molecule has 0 spiro atoms. The number of nitrogens with one attached hydrogen (secondary N) is 1. The van der Waals surface area contributed by atoms with Crippen LogP contribution in [0, 0.1) is 6.92 Å². The van der Waals surface area contributed by atoms with Crippen LogP contribution >= 0.6 is 0 Å². The second kappa shape index (κ2) is 7.50. The molecular formula is C14H25N3O2. The molecule has 1 aliphatic rings. The van der Waals surface area contributed by atoms with Gasteiger partial charge in [-0.15, -0.1) is 0 Å². The smallest absolute Gasteiger partial charge is 0.203 e. The topological polar surface area (TPSA) is 48.3 Å². The minimum absolute atomic E-state index is 0.436. The van der Waals surface area contributed by atoms with E-state index >= 15 is 0 Å². The third-order valence-corrected chi connectivity index (χ3v) is 3.42. The molecule has 0 amide bonds. The minimum Gasteiger partial charge on any atom is -0.385 e. The van der Waals surface area contributed by atoms with Crippen LogP contribution in [-0.2, 0) is 16.0 Å². The number of imidazole rings is 1. The second-order valence-electron chi connectivity index (χ2n) is 5.10. The molecule has 1 aromatic rings. The molecular weight excluding hydrogens is 242 g/mol. The molecule has 2 heterocycles. The Morgan fingerprint density at radius 2 is 2.47 bits per heavy atom. The molecule has 5 nitrogen and oxygen atoms in total. The Morgan fingerprint density at radius 1 is 1.58 bits per heavy atom. The van der Waals surface area contributed by atoms with Crippen LogP contribution in [-0.4, -0.2) is 42.5 Å². The van der Waals surface area contributed by atoms with Gasteiger partial charge < -0.3 is 19.4 Å². The molecule has 1 unspecified atom stereocenters. The van der Waals surface area contributed by atoms with Crippen molar-refractivity contribution in [3.63, 3.8) is 0 Å². The lowest BCUT2D eigenvalue weighted by Crippen LogP contribution is -2.15. The first-order chi connectivity index (χ1) is 9.29. The van der Waals surface area contributed by atoms with Gasteiger partial charge in [0.2, 0.25) is 5.95 Å². The van der Waals surface area contributed by atoms with E-state index in [1.807, 2.05) is 6.92 Å². The van der Waals surface area contributed by atoms with Crippen molar-refractivity contribution in [3.8, 4) is 0 Å². The summed E-state index contributed by atoms with van der Waals surface area (Å²) in [6, 6.07) is 0. The number of ether oxygens (including phenoxy) is 2. The standard InChI is InChI=1S/C14H25N3O2/c1-12-11-17(8-4-9-18-2)14(16-12)15-7-6-13-5-3-10-19-13/h11,13H,3-10H2,1-2H3,(H,15,16). The van der Waals surface area contributed by atoms with Gasteiger partial charge in [-0.25, -0.2) is 4.98 Å². The van der Waals surface area contributed by atoms with Gasteiger partial charge in [0, 0.05) is 39.6 Å². The molecule has 2 rings (SSSR count). The number of nitrogens with zero attached hydrogens (tertiary/aromatic N) is 2. The maximum absolute atomic E-state index is 5.62. The van der Waals surface area contributed by atoms with Gasteiger partial charge in [-0.1, -0.05) is 0 Å². The summed E-state index contributed by atoms with van der Waals surface area (Å²) in [5.74, 6) is 0.964. The molecule has 1 atom stereocenters. The van der Waals surface area contributed by atoms with Gasteiger partial charge in [0.25, 0.3) is 0 Å². The number of methoxy groups -OCH3 is 1. The van der Waals surface area contributed by atoms with Gasteiger partial charge in [-0.2, -0.15) is 0 Å². The molecule has 0 aliphatic carbocycles. The third-order valence-electron chi connectivity index (χ3n) is 3.42. The highest BCUT2D eigenvalue weighted by molar-refractivity contribution is 5.28. The zero-order valence-corrected chi connectivity index (χ0v) is 12.0. The van der Waals surface area contributed by atoms with E-state index in [1.165, 1.54) is 12.8 Å². The molecule has 1 aromatic heterocycles. The highest BCUT2D eigenvalue weighted by Crippen LogP contribution is 2.16. The normalized spacial score (nSPS) is 18.9. The highest BCUT2D eigenvalue weighted by Gasteiger charge is 2.15. The second-order valence-corrected chi connectivity index (χ2v) is 5.10. The summed E-state index contributed by atoms with van der Waals surface area (Å²) in [4.78, 5) is 4.52. The van der Waals surface area contributed by atoms with Crippen LogP contribution < -0.4 is 5.32 Å². The van der Waals surface area contributed by atoms with Crippen molar-refractivity contribution in [3.05, 3.63) is 11.9 Å². The molecule has 1 saturated heterocycles. The predicted molar refractivity (Wildman–Crippen MR) is 75.5 cm³/mol. The van der Waals surface area contributed by atoms with E-state index in [2.05, 4.69) is 21.1 Å². The molecule has 0 bridgehead atoms. The average molecular weight is 267 g/mol. The summed E-state index contributed by atoms with van der Waals surface area (Å²) in [5, 5.41) is 3.42.